The first kappa shape index (κ1) is 20.1. The van der Waals surface area contributed by atoms with Crippen LogP contribution in [-0.4, -0.2) is 44.3 Å². The molecular formula is C23H22ClFN6S. The van der Waals surface area contributed by atoms with Gasteiger partial charge in [0.25, 0.3) is 0 Å². The Labute approximate surface area is 194 Å². The molecule has 164 valence electrons. The second-order valence-electron chi connectivity index (χ2n) is 8.37. The van der Waals surface area contributed by atoms with Crippen molar-refractivity contribution in [3.8, 4) is 10.4 Å². The van der Waals surface area contributed by atoms with Gasteiger partial charge in [0.1, 0.15) is 22.8 Å². The Morgan fingerprint density at radius 2 is 2.00 bits per heavy atom. The number of hydrogen-bond acceptors (Lipinski definition) is 6. The minimum Gasteiger partial charge on any atom is -0.340 e. The Balaban J connectivity index is 1.33. The van der Waals surface area contributed by atoms with Crippen LogP contribution in [0.25, 0.3) is 20.7 Å². The van der Waals surface area contributed by atoms with Crippen molar-refractivity contribution in [2.75, 3.05) is 25.0 Å². The Bertz CT molecular complexity index is 1310. The first-order valence-corrected chi connectivity index (χ1v) is 12.1. The van der Waals surface area contributed by atoms with Crippen molar-refractivity contribution in [3.05, 3.63) is 52.8 Å². The Kier molecular flexibility index (Phi) is 5.08. The molecule has 4 heterocycles. The highest BCUT2D eigenvalue weighted by molar-refractivity contribution is 7.22. The number of aryl methyl sites for hydroxylation is 2. The zero-order valence-corrected chi connectivity index (χ0v) is 19.0. The summed E-state index contributed by atoms with van der Waals surface area (Å²) in [5, 5.41) is 9.31. The Morgan fingerprint density at radius 1 is 1.12 bits per heavy atom. The molecule has 0 bridgehead atoms. The molecule has 0 radical (unpaired) electrons. The van der Waals surface area contributed by atoms with Crippen LogP contribution >= 0.6 is 22.9 Å². The Morgan fingerprint density at radius 3 is 2.84 bits per heavy atom. The molecule has 1 aromatic carbocycles. The van der Waals surface area contributed by atoms with Crippen LogP contribution in [-0.2, 0) is 19.4 Å². The van der Waals surface area contributed by atoms with Crippen LogP contribution in [0.1, 0.15) is 24.1 Å². The molecule has 6 nitrogen and oxygen atoms in total. The fourth-order valence-electron chi connectivity index (χ4n) is 4.70. The van der Waals surface area contributed by atoms with Crippen molar-refractivity contribution < 1.29 is 4.39 Å². The predicted molar refractivity (Wildman–Crippen MR) is 126 cm³/mol. The lowest BCUT2D eigenvalue weighted by Crippen LogP contribution is -2.24. The van der Waals surface area contributed by atoms with E-state index in [1.807, 2.05) is 0 Å². The highest BCUT2D eigenvalue weighted by Gasteiger charge is 2.26. The van der Waals surface area contributed by atoms with Gasteiger partial charge < -0.3 is 10.2 Å². The topological polar surface area (TPSA) is 58.9 Å². The lowest BCUT2D eigenvalue weighted by Gasteiger charge is -2.13. The zero-order chi connectivity index (χ0) is 21.7. The first-order chi connectivity index (χ1) is 15.7. The second kappa shape index (κ2) is 8.10. The van der Waals surface area contributed by atoms with Crippen LogP contribution in [0.15, 0.2) is 30.7 Å². The van der Waals surface area contributed by atoms with Gasteiger partial charge in [0.2, 0.25) is 0 Å². The molecule has 3 aromatic heterocycles. The number of anilines is 2. The van der Waals surface area contributed by atoms with Gasteiger partial charge in [0, 0.05) is 28.9 Å². The lowest BCUT2D eigenvalue weighted by atomic mass is 9.95. The van der Waals surface area contributed by atoms with E-state index < -0.39 is 5.82 Å². The molecule has 1 aliphatic heterocycles. The van der Waals surface area contributed by atoms with Crippen molar-refractivity contribution in [2.24, 2.45) is 0 Å². The van der Waals surface area contributed by atoms with Gasteiger partial charge in [-0.15, -0.1) is 11.3 Å². The van der Waals surface area contributed by atoms with E-state index in [1.165, 1.54) is 53.7 Å². The molecular weight excluding hydrogens is 447 g/mol. The third kappa shape index (κ3) is 3.56. The second-order valence-corrected chi connectivity index (χ2v) is 9.77. The van der Waals surface area contributed by atoms with Crippen LogP contribution in [0.3, 0.4) is 0 Å². The number of nitrogens with one attached hydrogen (secondary N) is 1. The number of thiophene rings is 1. The zero-order valence-electron chi connectivity index (χ0n) is 17.4. The number of rotatable bonds is 5. The molecule has 32 heavy (non-hydrogen) atoms. The smallest absolute Gasteiger partial charge is 0.142 e. The molecule has 1 aliphatic carbocycles. The monoisotopic (exact) mass is 468 g/mol. The standard InChI is InChI=1S/C23H22ClFN6S/c24-17-11-14(3-5-18(17)25)28-22-20-15-4-6-19-16(21(15)32-23(20)27-13-26-22)12-31(29-19)10-9-30-7-1-2-8-30/h3,5,11-13H,1-2,4,6-10H2,(H,26,27,28). The molecule has 2 aliphatic rings. The quantitative estimate of drug-likeness (QED) is 0.431. The van der Waals surface area contributed by atoms with Crippen molar-refractivity contribution in [2.45, 2.75) is 32.2 Å². The summed E-state index contributed by atoms with van der Waals surface area (Å²) in [6, 6.07) is 4.59. The van der Waals surface area contributed by atoms with Gasteiger partial charge in [0.15, 0.2) is 0 Å². The molecule has 1 fully saturated rings. The minimum absolute atomic E-state index is 0.0821. The predicted octanol–water partition coefficient (Wildman–Crippen LogP) is 5.29. The van der Waals surface area contributed by atoms with Crippen LogP contribution < -0.4 is 5.32 Å². The molecule has 1 saturated heterocycles. The molecule has 1 N–H and O–H groups in total. The largest absolute Gasteiger partial charge is 0.340 e. The molecule has 4 aromatic rings. The normalized spacial score (nSPS) is 15.8. The van der Waals surface area contributed by atoms with Crippen LogP contribution in [0.2, 0.25) is 5.02 Å². The third-order valence-electron chi connectivity index (χ3n) is 6.31. The first-order valence-electron chi connectivity index (χ1n) is 10.9. The summed E-state index contributed by atoms with van der Waals surface area (Å²) in [5.74, 6) is 0.285. The maximum atomic E-state index is 13.6. The number of halogens is 2. The third-order valence-corrected chi connectivity index (χ3v) is 7.77. The van der Waals surface area contributed by atoms with Crippen LogP contribution in [0.4, 0.5) is 15.9 Å². The summed E-state index contributed by atoms with van der Waals surface area (Å²) < 4.78 is 15.7. The van der Waals surface area contributed by atoms with E-state index in [0.717, 1.165) is 42.0 Å². The molecule has 0 unspecified atom stereocenters. The van der Waals surface area contributed by atoms with Crippen molar-refractivity contribution in [1.82, 2.24) is 24.6 Å². The molecule has 6 rings (SSSR count). The summed E-state index contributed by atoms with van der Waals surface area (Å²) in [7, 11) is 0. The number of aromatic nitrogens is 4. The number of hydrogen-bond donors (Lipinski definition) is 1. The maximum Gasteiger partial charge on any atom is 0.142 e. The molecule has 9 heteroatoms. The minimum atomic E-state index is -0.438. The van der Waals surface area contributed by atoms with Gasteiger partial charge in [-0.25, -0.2) is 14.4 Å². The number of likely N-dealkylation sites (tertiary alicyclic amines) is 1. The summed E-state index contributed by atoms with van der Waals surface area (Å²) in [6.45, 7) is 4.38. The van der Waals surface area contributed by atoms with E-state index >= 15 is 0 Å². The fourth-order valence-corrected chi connectivity index (χ4v) is 6.10. The van der Waals surface area contributed by atoms with Crippen molar-refractivity contribution >= 4 is 44.7 Å². The van der Waals surface area contributed by atoms with E-state index in [-0.39, 0.29) is 5.02 Å². The van der Waals surface area contributed by atoms with Crippen LogP contribution in [0, 0.1) is 5.82 Å². The molecule has 0 amide bonds. The molecule has 0 spiro atoms. The van der Waals surface area contributed by atoms with E-state index in [0.29, 0.717) is 5.69 Å². The SMILES string of the molecule is Fc1ccc(Nc2ncnc3sc4c(c23)CCc2nn(CCN3CCCC3)cc2-4)cc1Cl. The summed E-state index contributed by atoms with van der Waals surface area (Å²) in [6.07, 6.45) is 8.18. The fraction of sp³-hybridized carbons (Fsp3) is 0.348. The summed E-state index contributed by atoms with van der Waals surface area (Å²) >= 11 is 7.65. The van der Waals surface area contributed by atoms with Gasteiger partial charge in [-0.2, -0.15) is 5.10 Å². The number of fused-ring (bicyclic) bond motifs is 5. The van der Waals surface area contributed by atoms with Gasteiger partial charge in [-0.05, 0) is 62.5 Å². The number of benzene rings is 1. The number of nitrogens with zero attached hydrogens (tertiary/aromatic N) is 5. The van der Waals surface area contributed by atoms with E-state index in [4.69, 9.17) is 16.7 Å². The summed E-state index contributed by atoms with van der Waals surface area (Å²) in [4.78, 5) is 13.7. The van der Waals surface area contributed by atoms with Crippen molar-refractivity contribution in [1.29, 1.82) is 0 Å². The van der Waals surface area contributed by atoms with Gasteiger partial charge >= 0.3 is 0 Å². The highest BCUT2D eigenvalue weighted by Crippen LogP contribution is 2.45. The summed E-state index contributed by atoms with van der Waals surface area (Å²) in [5.41, 5.74) is 4.33. The average molecular weight is 469 g/mol. The van der Waals surface area contributed by atoms with Crippen LogP contribution in [0.5, 0.6) is 0 Å². The van der Waals surface area contributed by atoms with Gasteiger partial charge in [-0.3, -0.25) is 4.68 Å². The van der Waals surface area contributed by atoms with Gasteiger partial charge in [0.05, 0.1) is 22.6 Å². The van der Waals surface area contributed by atoms with E-state index in [1.54, 1.807) is 29.8 Å². The van der Waals surface area contributed by atoms with E-state index in [2.05, 4.69) is 31.1 Å². The Hall–Kier alpha value is -2.55. The molecule has 0 saturated carbocycles. The highest BCUT2D eigenvalue weighted by atomic mass is 35.5. The lowest BCUT2D eigenvalue weighted by molar-refractivity contribution is 0.315. The maximum absolute atomic E-state index is 13.6. The van der Waals surface area contributed by atoms with E-state index in [9.17, 15) is 4.39 Å². The van der Waals surface area contributed by atoms with Crippen molar-refractivity contribution in [3.63, 3.8) is 0 Å². The molecule has 0 atom stereocenters. The average Bonchev–Trinajstić information content (AvgIpc) is 3.52. The van der Waals surface area contributed by atoms with Gasteiger partial charge in [-0.1, -0.05) is 11.6 Å².